The molecule has 2 saturated carbocycles. The van der Waals surface area contributed by atoms with E-state index in [1.807, 2.05) is 0 Å². The van der Waals surface area contributed by atoms with Gasteiger partial charge in [0.15, 0.2) is 5.82 Å². The second-order valence-corrected chi connectivity index (χ2v) is 8.57. The van der Waals surface area contributed by atoms with E-state index in [0.29, 0.717) is 12.3 Å². The fraction of sp³-hybridized carbons (Fsp3) is 0.591. The largest absolute Gasteiger partial charge is 0.416 e. The van der Waals surface area contributed by atoms with Gasteiger partial charge in [-0.15, -0.1) is 5.10 Å². The van der Waals surface area contributed by atoms with Crippen LogP contribution in [0.1, 0.15) is 63.0 Å². The first-order valence-electron chi connectivity index (χ1n) is 11.0. The maximum absolute atomic E-state index is 13.1. The molecule has 2 fully saturated rings. The van der Waals surface area contributed by atoms with Crippen LogP contribution in [0.4, 0.5) is 13.2 Å². The van der Waals surface area contributed by atoms with Crippen molar-refractivity contribution < 1.29 is 18.0 Å². The molecule has 1 aromatic heterocycles. The summed E-state index contributed by atoms with van der Waals surface area (Å²) in [7, 11) is 0. The van der Waals surface area contributed by atoms with E-state index in [1.165, 1.54) is 40.6 Å². The maximum Gasteiger partial charge on any atom is 0.416 e. The van der Waals surface area contributed by atoms with E-state index >= 15 is 0 Å². The average molecular weight is 436 g/mol. The number of alkyl halides is 3. The molecular formula is C22H27F3N4O2. The van der Waals surface area contributed by atoms with Crippen LogP contribution < -0.4 is 11.0 Å². The lowest BCUT2D eigenvalue weighted by Crippen LogP contribution is -2.33. The minimum Gasteiger partial charge on any atom is -0.354 e. The third-order valence-electron chi connectivity index (χ3n) is 6.08. The topological polar surface area (TPSA) is 68.9 Å². The van der Waals surface area contributed by atoms with Crippen molar-refractivity contribution in [1.82, 2.24) is 19.7 Å². The van der Waals surface area contributed by atoms with Crippen LogP contribution in [0, 0.1) is 5.92 Å². The van der Waals surface area contributed by atoms with Gasteiger partial charge in [0, 0.05) is 24.6 Å². The quantitative estimate of drug-likeness (QED) is 0.709. The molecule has 0 bridgehead atoms. The predicted octanol–water partition coefficient (Wildman–Crippen LogP) is 4.15. The summed E-state index contributed by atoms with van der Waals surface area (Å²) in [6, 6.07) is 4.85. The van der Waals surface area contributed by atoms with Crippen LogP contribution in [0.2, 0.25) is 0 Å². The molecule has 2 aliphatic rings. The third kappa shape index (κ3) is 5.19. The van der Waals surface area contributed by atoms with Gasteiger partial charge in [0.25, 0.3) is 0 Å². The molecule has 1 heterocycles. The lowest BCUT2D eigenvalue weighted by atomic mass is 9.87. The Kier molecular flexibility index (Phi) is 6.20. The van der Waals surface area contributed by atoms with Crippen LogP contribution in [0.15, 0.2) is 29.1 Å². The van der Waals surface area contributed by atoms with Gasteiger partial charge in [-0.05, 0) is 43.7 Å². The number of carbonyl (C=O) groups is 1. The SMILES string of the molecule is O=C(CC1CCCCC1)NCCn1nc(-c2cccc(C(F)(F)F)c2)n(C2CC2)c1=O. The normalized spacial score (nSPS) is 17.6. The summed E-state index contributed by atoms with van der Waals surface area (Å²) in [5, 5.41) is 7.18. The van der Waals surface area contributed by atoms with Crippen molar-refractivity contribution in [3.8, 4) is 11.4 Å². The molecule has 0 radical (unpaired) electrons. The number of nitrogens with one attached hydrogen (secondary N) is 1. The Morgan fingerprint density at radius 3 is 2.55 bits per heavy atom. The molecule has 9 heteroatoms. The summed E-state index contributed by atoms with van der Waals surface area (Å²) in [5.74, 6) is 0.643. The Labute approximate surface area is 178 Å². The van der Waals surface area contributed by atoms with Crippen molar-refractivity contribution in [3.05, 3.63) is 40.3 Å². The van der Waals surface area contributed by atoms with E-state index < -0.39 is 11.7 Å². The highest BCUT2D eigenvalue weighted by atomic mass is 19.4. The Hall–Kier alpha value is -2.58. The van der Waals surface area contributed by atoms with E-state index in [4.69, 9.17) is 0 Å². The first kappa shape index (κ1) is 21.6. The van der Waals surface area contributed by atoms with Crippen LogP contribution in [0.5, 0.6) is 0 Å². The van der Waals surface area contributed by atoms with Gasteiger partial charge in [-0.25, -0.2) is 9.48 Å². The summed E-state index contributed by atoms with van der Waals surface area (Å²) in [5.41, 5.74) is -0.861. The fourth-order valence-electron chi connectivity index (χ4n) is 4.29. The van der Waals surface area contributed by atoms with E-state index in [0.717, 1.165) is 37.8 Å². The molecular weight excluding hydrogens is 409 g/mol. The second-order valence-electron chi connectivity index (χ2n) is 8.57. The Morgan fingerprint density at radius 1 is 1.13 bits per heavy atom. The Balaban J connectivity index is 1.46. The molecule has 1 aromatic carbocycles. The summed E-state index contributed by atoms with van der Waals surface area (Å²) >= 11 is 0. The number of carbonyl (C=O) groups excluding carboxylic acids is 1. The van der Waals surface area contributed by atoms with Gasteiger partial charge in [-0.3, -0.25) is 9.36 Å². The van der Waals surface area contributed by atoms with Crippen molar-refractivity contribution in [3.63, 3.8) is 0 Å². The van der Waals surface area contributed by atoms with Crippen molar-refractivity contribution in [2.45, 2.75) is 70.1 Å². The van der Waals surface area contributed by atoms with Crippen LogP contribution in [-0.2, 0) is 17.5 Å². The summed E-state index contributed by atoms with van der Waals surface area (Å²) in [4.78, 5) is 25.0. The fourth-order valence-corrected chi connectivity index (χ4v) is 4.29. The molecule has 0 spiro atoms. The van der Waals surface area contributed by atoms with Gasteiger partial charge in [0.1, 0.15) is 0 Å². The molecule has 6 nitrogen and oxygen atoms in total. The molecule has 4 rings (SSSR count). The van der Waals surface area contributed by atoms with Crippen LogP contribution in [-0.4, -0.2) is 26.8 Å². The molecule has 0 aliphatic heterocycles. The van der Waals surface area contributed by atoms with Gasteiger partial charge >= 0.3 is 11.9 Å². The Morgan fingerprint density at radius 2 is 1.87 bits per heavy atom. The van der Waals surface area contributed by atoms with Gasteiger partial charge < -0.3 is 5.32 Å². The molecule has 1 N–H and O–H groups in total. The number of benzene rings is 1. The highest BCUT2D eigenvalue weighted by Crippen LogP contribution is 2.37. The Bertz CT molecular complexity index is 985. The van der Waals surface area contributed by atoms with E-state index in [2.05, 4.69) is 10.4 Å². The highest BCUT2D eigenvalue weighted by molar-refractivity contribution is 5.76. The molecule has 0 saturated heterocycles. The van der Waals surface area contributed by atoms with E-state index in [1.54, 1.807) is 0 Å². The van der Waals surface area contributed by atoms with Crippen molar-refractivity contribution in [2.75, 3.05) is 6.54 Å². The molecule has 0 atom stereocenters. The minimum absolute atomic E-state index is 0.0281. The van der Waals surface area contributed by atoms with Crippen molar-refractivity contribution >= 4 is 5.91 Å². The molecule has 2 aliphatic carbocycles. The number of rotatable bonds is 7. The zero-order valence-corrected chi connectivity index (χ0v) is 17.3. The highest BCUT2D eigenvalue weighted by Gasteiger charge is 2.33. The van der Waals surface area contributed by atoms with Crippen LogP contribution in [0.25, 0.3) is 11.4 Å². The summed E-state index contributed by atoms with van der Waals surface area (Å²) < 4.78 is 42.1. The first-order valence-corrected chi connectivity index (χ1v) is 11.0. The van der Waals surface area contributed by atoms with E-state index in [-0.39, 0.29) is 42.1 Å². The van der Waals surface area contributed by atoms with Crippen LogP contribution in [0.3, 0.4) is 0 Å². The molecule has 0 unspecified atom stereocenters. The summed E-state index contributed by atoms with van der Waals surface area (Å²) in [6.07, 6.45) is 3.38. The van der Waals surface area contributed by atoms with Crippen LogP contribution >= 0.6 is 0 Å². The van der Waals surface area contributed by atoms with Gasteiger partial charge in [0.2, 0.25) is 5.91 Å². The number of hydrogen-bond acceptors (Lipinski definition) is 3. The number of nitrogens with zero attached hydrogens (tertiary/aromatic N) is 3. The lowest BCUT2D eigenvalue weighted by Gasteiger charge is -2.20. The minimum atomic E-state index is -4.47. The lowest BCUT2D eigenvalue weighted by molar-refractivity contribution is -0.137. The number of hydrogen-bond donors (Lipinski definition) is 1. The van der Waals surface area contributed by atoms with Crippen molar-refractivity contribution in [1.29, 1.82) is 0 Å². The standard InChI is InChI=1S/C22H27F3N4O2/c23-22(24,25)17-8-4-7-16(14-17)20-27-28(21(31)29(20)18-9-10-18)12-11-26-19(30)13-15-5-2-1-3-6-15/h4,7-8,14-15,18H,1-3,5-6,9-13H2,(H,26,30). The average Bonchev–Trinajstić information content (AvgIpc) is 3.52. The zero-order valence-electron chi connectivity index (χ0n) is 17.3. The summed E-state index contributed by atoms with van der Waals surface area (Å²) in [6.45, 7) is 0.441. The monoisotopic (exact) mass is 436 g/mol. The number of amides is 1. The molecule has 2 aromatic rings. The molecule has 1 amide bonds. The second kappa shape index (κ2) is 8.88. The van der Waals surface area contributed by atoms with Gasteiger partial charge in [-0.2, -0.15) is 13.2 Å². The van der Waals surface area contributed by atoms with Crippen molar-refractivity contribution in [2.24, 2.45) is 5.92 Å². The zero-order chi connectivity index (χ0) is 22.0. The molecule has 31 heavy (non-hydrogen) atoms. The number of halogens is 3. The van der Waals surface area contributed by atoms with E-state index in [9.17, 15) is 22.8 Å². The maximum atomic E-state index is 13.1. The number of aromatic nitrogens is 3. The predicted molar refractivity (Wildman–Crippen MR) is 109 cm³/mol. The smallest absolute Gasteiger partial charge is 0.354 e. The third-order valence-corrected chi connectivity index (χ3v) is 6.08. The first-order chi connectivity index (χ1) is 14.8. The molecule has 168 valence electrons. The van der Waals surface area contributed by atoms with Gasteiger partial charge in [0.05, 0.1) is 12.1 Å². The van der Waals surface area contributed by atoms with Gasteiger partial charge in [-0.1, -0.05) is 31.4 Å².